The van der Waals surface area contributed by atoms with Gasteiger partial charge in [-0.25, -0.2) is 0 Å². The molecule has 1 fully saturated rings. The smallest absolute Gasteiger partial charge is 0.339 e. The van der Waals surface area contributed by atoms with E-state index in [1.54, 1.807) is 35.2 Å². The van der Waals surface area contributed by atoms with Gasteiger partial charge in [-0.2, -0.15) is 8.42 Å². The van der Waals surface area contributed by atoms with E-state index in [0.29, 0.717) is 17.9 Å². The third-order valence-corrected chi connectivity index (χ3v) is 6.47. The molecule has 3 rings (SSSR count). The van der Waals surface area contributed by atoms with Crippen molar-refractivity contribution in [3.05, 3.63) is 54.1 Å². The van der Waals surface area contributed by atoms with Gasteiger partial charge in [0.15, 0.2) is 0 Å². The van der Waals surface area contributed by atoms with Crippen LogP contribution in [0.5, 0.6) is 11.5 Å². The monoisotopic (exact) mass is 417 g/mol. The molecule has 0 N–H and O–H groups in total. The second-order valence-corrected chi connectivity index (χ2v) is 9.05. The summed E-state index contributed by atoms with van der Waals surface area (Å²) >= 11 is 0. The van der Waals surface area contributed by atoms with Crippen LogP contribution in [0.25, 0.3) is 0 Å². The van der Waals surface area contributed by atoms with Crippen molar-refractivity contribution in [3.8, 4) is 11.5 Å². The lowest BCUT2D eigenvalue weighted by atomic mass is 9.84. The molecule has 1 amide bonds. The molecule has 0 unspecified atom stereocenters. The quantitative estimate of drug-likeness (QED) is 0.607. The molecule has 0 saturated heterocycles. The molecule has 29 heavy (non-hydrogen) atoms. The van der Waals surface area contributed by atoms with Crippen molar-refractivity contribution in [2.45, 2.75) is 50.6 Å². The highest BCUT2D eigenvalue weighted by Gasteiger charge is 2.31. The maximum Gasteiger partial charge on any atom is 0.339 e. The highest BCUT2D eigenvalue weighted by Crippen LogP contribution is 2.31. The normalized spacial score (nSPS) is 14.3. The van der Waals surface area contributed by atoms with Gasteiger partial charge in [0, 0.05) is 24.1 Å². The minimum absolute atomic E-state index is 0.00866. The van der Waals surface area contributed by atoms with Gasteiger partial charge in [-0.15, -0.1) is 0 Å². The van der Waals surface area contributed by atoms with Gasteiger partial charge in [-0.1, -0.05) is 24.6 Å². The van der Waals surface area contributed by atoms with E-state index in [0.717, 1.165) is 19.3 Å². The molecular weight excluding hydrogens is 390 g/mol. The zero-order chi connectivity index (χ0) is 21.0. The van der Waals surface area contributed by atoms with Gasteiger partial charge >= 0.3 is 10.1 Å². The summed E-state index contributed by atoms with van der Waals surface area (Å²) in [5, 5.41) is 0. The Hall–Kier alpha value is -2.54. The third-order valence-electron chi connectivity index (χ3n) is 5.22. The highest BCUT2D eigenvalue weighted by molar-refractivity contribution is 7.87. The molecule has 0 heterocycles. The maximum absolute atomic E-state index is 12.8. The van der Waals surface area contributed by atoms with Gasteiger partial charge in [0.1, 0.15) is 16.4 Å². The van der Waals surface area contributed by atoms with Gasteiger partial charge < -0.3 is 13.8 Å². The van der Waals surface area contributed by atoms with Crippen molar-refractivity contribution >= 4 is 16.0 Å². The summed E-state index contributed by atoms with van der Waals surface area (Å²) in [6.45, 7) is 4.24. The van der Waals surface area contributed by atoms with Crippen molar-refractivity contribution in [3.63, 3.8) is 0 Å². The molecule has 2 aromatic rings. The number of benzene rings is 2. The first kappa shape index (κ1) is 21.2. The molecule has 7 heteroatoms. The first-order chi connectivity index (χ1) is 13.8. The molecule has 0 aliphatic heterocycles. The average Bonchev–Trinajstić information content (AvgIpc) is 2.65. The Balaban J connectivity index is 1.82. The summed E-state index contributed by atoms with van der Waals surface area (Å²) in [5.41, 5.74) is 0.658. The Morgan fingerprint density at radius 1 is 1.10 bits per heavy atom. The molecule has 0 spiro atoms. The molecule has 1 aliphatic carbocycles. The summed E-state index contributed by atoms with van der Waals surface area (Å²) in [5.74, 6) is 0.995. The number of rotatable bonds is 8. The molecule has 1 saturated carbocycles. The van der Waals surface area contributed by atoms with Crippen molar-refractivity contribution in [1.29, 1.82) is 0 Å². The highest BCUT2D eigenvalue weighted by atomic mass is 32.2. The average molecular weight is 418 g/mol. The first-order valence-corrected chi connectivity index (χ1v) is 11.2. The van der Waals surface area contributed by atoms with Gasteiger partial charge in [0.25, 0.3) is 0 Å². The van der Waals surface area contributed by atoms with E-state index in [4.69, 9.17) is 8.92 Å². The maximum atomic E-state index is 12.8. The van der Waals surface area contributed by atoms with E-state index in [2.05, 4.69) is 0 Å². The fraction of sp³-hybridized carbons (Fsp3) is 0.409. The van der Waals surface area contributed by atoms with E-state index in [1.807, 2.05) is 19.9 Å². The van der Waals surface area contributed by atoms with Crippen molar-refractivity contribution in [2.75, 3.05) is 7.11 Å². The summed E-state index contributed by atoms with van der Waals surface area (Å²) in [6, 6.07) is 13.0. The minimum atomic E-state index is -4.01. The molecular formula is C22H27NO5S. The van der Waals surface area contributed by atoms with Crippen LogP contribution in [0, 0.1) is 5.92 Å². The summed E-state index contributed by atoms with van der Waals surface area (Å²) in [4.78, 5) is 14.6. The Labute approximate surface area is 172 Å². The Morgan fingerprint density at radius 2 is 1.76 bits per heavy atom. The molecule has 0 atom stereocenters. The van der Waals surface area contributed by atoms with Crippen LogP contribution in [-0.2, 0) is 21.5 Å². The summed E-state index contributed by atoms with van der Waals surface area (Å²) in [6.07, 6.45) is 2.93. The second-order valence-electron chi connectivity index (χ2n) is 7.51. The number of amides is 1. The number of methoxy groups -OCH3 is 1. The zero-order valence-corrected chi connectivity index (χ0v) is 17.8. The van der Waals surface area contributed by atoms with Gasteiger partial charge in [0.2, 0.25) is 5.91 Å². The number of hydrogen-bond donors (Lipinski definition) is 0. The lowest BCUT2D eigenvalue weighted by molar-refractivity contribution is -0.140. The molecule has 0 radical (unpaired) electrons. The second kappa shape index (κ2) is 8.86. The lowest BCUT2D eigenvalue weighted by Crippen LogP contribution is -2.42. The van der Waals surface area contributed by atoms with Crippen molar-refractivity contribution in [1.82, 2.24) is 4.90 Å². The number of ether oxygens (including phenoxy) is 1. The van der Waals surface area contributed by atoms with Crippen LogP contribution >= 0.6 is 0 Å². The minimum Gasteiger partial charge on any atom is -0.497 e. The lowest BCUT2D eigenvalue weighted by Gasteiger charge is -2.34. The first-order valence-electron chi connectivity index (χ1n) is 9.78. The van der Waals surface area contributed by atoms with Crippen LogP contribution in [-0.4, -0.2) is 32.4 Å². The Bertz CT molecular complexity index is 949. The Morgan fingerprint density at radius 3 is 2.31 bits per heavy atom. The van der Waals surface area contributed by atoms with E-state index < -0.39 is 10.1 Å². The van der Waals surface area contributed by atoms with E-state index in [-0.39, 0.29) is 28.5 Å². The predicted octanol–water partition coefficient (Wildman–Crippen LogP) is 4.00. The number of carbonyl (C=O) groups excluding carboxylic acids is 1. The SMILES string of the molecule is COc1ccc(S(=O)(=O)Oc2ccccc2CN(C(=O)C2CCC2)C(C)C)cc1. The summed E-state index contributed by atoms with van der Waals surface area (Å²) < 4.78 is 36.0. The molecule has 0 aromatic heterocycles. The molecule has 156 valence electrons. The number of nitrogens with zero attached hydrogens (tertiary/aromatic N) is 1. The number of para-hydroxylation sites is 1. The van der Waals surface area contributed by atoms with Gasteiger partial charge in [0.05, 0.1) is 7.11 Å². The Kier molecular flexibility index (Phi) is 6.47. The molecule has 6 nitrogen and oxygen atoms in total. The zero-order valence-electron chi connectivity index (χ0n) is 17.0. The predicted molar refractivity (Wildman–Crippen MR) is 110 cm³/mol. The summed E-state index contributed by atoms with van der Waals surface area (Å²) in [7, 11) is -2.49. The van der Waals surface area contributed by atoms with Gasteiger partial charge in [-0.3, -0.25) is 4.79 Å². The fourth-order valence-corrected chi connectivity index (χ4v) is 4.18. The standard InChI is InChI=1S/C22H27NO5S/c1-16(2)23(22(24)17-8-6-9-17)15-18-7-4-5-10-21(18)28-29(25,26)20-13-11-19(27-3)12-14-20/h4-5,7,10-14,16-17H,6,8-9,15H2,1-3H3. The van der Waals surface area contributed by atoms with Crippen LogP contribution in [0.15, 0.2) is 53.4 Å². The van der Waals surface area contributed by atoms with Crippen LogP contribution in [0.4, 0.5) is 0 Å². The number of hydrogen-bond acceptors (Lipinski definition) is 5. The fourth-order valence-electron chi connectivity index (χ4n) is 3.21. The third kappa shape index (κ3) is 4.90. The topological polar surface area (TPSA) is 72.9 Å². The van der Waals surface area contributed by atoms with E-state index >= 15 is 0 Å². The van der Waals surface area contributed by atoms with Gasteiger partial charge in [-0.05, 0) is 57.0 Å². The number of carbonyl (C=O) groups is 1. The molecule has 0 bridgehead atoms. The van der Waals surface area contributed by atoms with Crippen molar-refractivity contribution in [2.24, 2.45) is 5.92 Å². The van der Waals surface area contributed by atoms with Crippen LogP contribution < -0.4 is 8.92 Å². The van der Waals surface area contributed by atoms with Crippen LogP contribution in [0.1, 0.15) is 38.7 Å². The van der Waals surface area contributed by atoms with E-state index in [1.165, 1.54) is 19.2 Å². The van der Waals surface area contributed by atoms with Crippen LogP contribution in [0.2, 0.25) is 0 Å². The van der Waals surface area contributed by atoms with E-state index in [9.17, 15) is 13.2 Å². The largest absolute Gasteiger partial charge is 0.497 e. The van der Waals surface area contributed by atoms with Crippen molar-refractivity contribution < 1.29 is 22.1 Å². The molecule has 1 aliphatic rings. The molecule has 2 aromatic carbocycles. The van der Waals surface area contributed by atoms with Crippen LogP contribution in [0.3, 0.4) is 0 Å².